The fourth-order valence-corrected chi connectivity index (χ4v) is 4.87. The Labute approximate surface area is 254 Å². The van der Waals surface area contributed by atoms with Crippen molar-refractivity contribution in [2.75, 3.05) is 0 Å². The highest BCUT2D eigenvalue weighted by molar-refractivity contribution is 5.91. The molecule has 8 heteroatoms. The lowest BCUT2D eigenvalue weighted by Gasteiger charge is -2.10. The SMILES string of the molecule is CCCCc1ccc(-c2cc3cn(C/C=C4\OC(=O)C(OCc5ccccc5)=C4OCc4ccccc4)c(=O)nc3o2)cc1. The molecule has 3 heterocycles. The summed E-state index contributed by atoms with van der Waals surface area (Å²) in [7, 11) is 0. The Bertz CT molecular complexity index is 1870. The molecule has 0 N–H and O–H groups in total. The van der Waals surface area contributed by atoms with Crippen LogP contribution in [0.2, 0.25) is 0 Å². The molecule has 0 unspecified atom stereocenters. The minimum absolute atomic E-state index is 0.0165. The molecule has 0 radical (unpaired) electrons. The van der Waals surface area contributed by atoms with Gasteiger partial charge in [-0.25, -0.2) is 9.59 Å². The van der Waals surface area contributed by atoms with E-state index in [9.17, 15) is 9.59 Å². The number of unbranched alkanes of at least 4 members (excludes halogenated alkanes) is 1. The fraction of sp³-hybridized carbons (Fsp3) is 0.194. The quantitative estimate of drug-likeness (QED) is 0.144. The number of rotatable bonds is 12. The van der Waals surface area contributed by atoms with E-state index >= 15 is 0 Å². The number of benzene rings is 3. The van der Waals surface area contributed by atoms with Crippen LogP contribution in [0.25, 0.3) is 22.4 Å². The largest absolute Gasteiger partial charge is 0.481 e. The van der Waals surface area contributed by atoms with Crippen LogP contribution in [0.4, 0.5) is 0 Å². The zero-order valence-electron chi connectivity index (χ0n) is 24.4. The lowest BCUT2D eigenvalue weighted by Crippen LogP contribution is -2.21. The van der Waals surface area contributed by atoms with Crippen molar-refractivity contribution in [1.82, 2.24) is 9.55 Å². The van der Waals surface area contributed by atoms with Crippen molar-refractivity contribution < 1.29 is 23.4 Å². The van der Waals surface area contributed by atoms with E-state index in [4.69, 9.17) is 18.6 Å². The van der Waals surface area contributed by atoms with E-state index in [-0.39, 0.29) is 42.7 Å². The molecular formula is C36H32N2O6. The first-order chi connectivity index (χ1) is 21.6. The standard InChI is InChI=1S/C36H32N2O6/c1-2-3-10-25-15-17-28(18-16-25)31-21-29-22-38(36(40)37-34(29)43-31)20-19-30-32(41-23-26-11-6-4-7-12-26)33(35(39)44-30)42-24-27-13-8-5-9-14-27/h4-9,11-19,21-22H,2-3,10,20,23-24H2,1H3/b30-19-. The molecule has 0 atom stereocenters. The Morgan fingerprint density at radius 2 is 1.48 bits per heavy atom. The molecule has 6 rings (SSSR count). The number of aryl methyl sites for hydroxylation is 1. The third-order valence-corrected chi connectivity index (χ3v) is 7.28. The number of ether oxygens (including phenoxy) is 3. The number of carbonyl (C=O) groups excluding carboxylic acids is 1. The van der Waals surface area contributed by atoms with Gasteiger partial charge >= 0.3 is 11.7 Å². The van der Waals surface area contributed by atoms with Gasteiger partial charge in [0.25, 0.3) is 5.76 Å². The molecule has 44 heavy (non-hydrogen) atoms. The van der Waals surface area contributed by atoms with Gasteiger partial charge in [0.1, 0.15) is 19.0 Å². The van der Waals surface area contributed by atoms with Gasteiger partial charge in [0, 0.05) is 18.3 Å². The Morgan fingerprint density at radius 1 is 0.818 bits per heavy atom. The number of cyclic esters (lactones) is 1. The van der Waals surface area contributed by atoms with Gasteiger partial charge in [-0.2, -0.15) is 4.98 Å². The van der Waals surface area contributed by atoms with Crippen molar-refractivity contribution in [3.8, 4) is 11.3 Å². The second-order valence-corrected chi connectivity index (χ2v) is 10.5. The number of esters is 1. The van der Waals surface area contributed by atoms with Crippen LogP contribution in [0.5, 0.6) is 0 Å². The highest BCUT2D eigenvalue weighted by Crippen LogP contribution is 2.30. The van der Waals surface area contributed by atoms with Crippen LogP contribution < -0.4 is 5.69 Å². The minimum Gasteiger partial charge on any atom is -0.481 e. The summed E-state index contributed by atoms with van der Waals surface area (Å²) < 4.78 is 24.8. The second kappa shape index (κ2) is 13.3. The van der Waals surface area contributed by atoms with Gasteiger partial charge in [-0.3, -0.25) is 4.57 Å². The molecule has 0 saturated heterocycles. The van der Waals surface area contributed by atoms with Gasteiger partial charge in [0.15, 0.2) is 5.76 Å². The van der Waals surface area contributed by atoms with Crippen LogP contribution in [0.1, 0.15) is 36.5 Å². The van der Waals surface area contributed by atoms with E-state index in [1.807, 2.05) is 78.9 Å². The molecule has 0 bridgehead atoms. The van der Waals surface area contributed by atoms with Crippen molar-refractivity contribution in [3.05, 3.63) is 148 Å². The number of hydrogen-bond donors (Lipinski definition) is 0. The summed E-state index contributed by atoms with van der Waals surface area (Å²) in [6, 6.07) is 29.2. The molecule has 2 aromatic heterocycles. The Morgan fingerprint density at radius 3 is 2.14 bits per heavy atom. The number of fused-ring (bicyclic) bond motifs is 1. The first-order valence-corrected chi connectivity index (χ1v) is 14.7. The summed E-state index contributed by atoms with van der Waals surface area (Å²) >= 11 is 0. The van der Waals surface area contributed by atoms with Crippen molar-refractivity contribution in [3.63, 3.8) is 0 Å². The highest BCUT2D eigenvalue weighted by atomic mass is 16.6. The maximum Gasteiger partial charge on any atom is 0.383 e. The molecule has 5 aromatic rings. The second-order valence-electron chi connectivity index (χ2n) is 10.5. The summed E-state index contributed by atoms with van der Waals surface area (Å²) in [5.74, 6) is 0.324. The number of aromatic nitrogens is 2. The summed E-state index contributed by atoms with van der Waals surface area (Å²) in [6.45, 7) is 2.63. The van der Waals surface area contributed by atoms with Crippen LogP contribution in [-0.4, -0.2) is 15.5 Å². The predicted molar refractivity (Wildman–Crippen MR) is 166 cm³/mol. The van der Waals surface area contributed by atoms with Crippen LogP contribution >= 0.6 is 0 Å². The van der Waals surface area contributed by atoms with E-state index in [0.29, 0.717) is 11.1 Å². The lowest BCUT2D eigenvalue weighted by molar-refractivity contribution is -0.136. The van der Waals surface area contributed by atoms with Crippen molar-refractivity contribution in [1.29, 1.82) is 0 Å². The number of carbonyl (C=O) groups is 1. The van der Waals surface area contributed by atoms with Crippen LogP contribution in [-0.2, 0) is 45.2 Å². The van der Waals surface area contributed by atoms with Crippen LogP contribution in [0.3, 0.4) is 0 Å². The summed E-state index contributed by atoms with van der Waals surface area (Å²) in [5, 5.41) is 0.680. The molecule has 8 nitrogen and oxygen atoms in total. The van der Waals surface area contributed by atoms with E-state index in [1.54, 1.807) is 12.3 Å². The van der Waals surface area contributed by atoms with Crippen LogP contribution in [0.15, 0.2) is 130 Å². The van der Waals surface area contributed by atoms with Gasteiger partial charge in [0.2, 0.25) is 11.5 Å². The normalized spacial score (nSPS) is 13.9. The molecule has 0 saturated carbocycles. The zero-order chi connectivity index (χ0) is 30.3. The molecule has 0 amide bonds. The molecule has 1 aliphatic rings. The van der Waals surface area contributed by atoms with E-state index in [1.165, 1.54) is 10.1 Å². The molecule has 0 fully saturated rings. The number of furan rings is 1. The first-order valence-electron chi connectivity index (χ1n) is 14.7. The molecule has 1 aliphatic heterocycles. The van der Waals surface area contributed by atoms with E-state index < -0.39 is 11.7 Å². The first kappa shape index (κ1) is 28.7. The monoisotopic (exact) mass is 588 g/mol. The van der Waals surface area contributed by atoms with E-state index in [0.717, 1.165) is 36.0 Å². The zero-order valence-corrected chi connectivity index (χ0v) is 24.4. The topological polar surface area (TPSA) is 92.8 Å². The summed E-state index contributed by atoms with van der Waals surface area (Å²) in [6.07, 6.45) is 6.63. The van der Waals surface area contributed by atoms with Gasteiger partial charge in [-0.05, 0) is 41.7 Å². The van der Waals surface area contributed by atoms with Crippen molar-refractivity contribution in [2.45, 2.75) is 45.9 Å². The Hall–Kier alpha value is -5.37. The molecule has 222 valence electrons. The minimum atomic E-state index is -0.656. The number of hydrogen-bond acceptors (Lipinski definition) is 7. The smallest absolute Gasteiger partial charge is 0.383 e. The lowest BCUT2D eigenvalue weighted by atomic mass is 10.1. The molecule has 3 aromatic carbocycles. The maximum absolute atomic E-state index is 12.9. The molecule has 0 aliphatic carbocycles. The third kappa shape index (κ3) is 6.65. The summed E-state index contributed by atoms with van der Waals surface area (Å²) in [4.78, 5) is 29.9. The Balaban J connectivity index is 1.24. The predicted octanol–water partition coefficient (Wildman–Crippen LogP) is 7.09. The van der Waals surface area contributed by atoms with Gasteiger partial charge in [-0.1, -0.05) is 98.3 Å². The van der Waals surface area contributed by atoms with E-state index in [2.05, 4.69) is 24.0 Å². The van der Waals surface area contributed by atoms with Crippen LogP contribution in [0, 0.1) is 0 Å². The molecular weight excluding hydrogens is 556 g/mol. The number of nitrogens with zero attached hydrogens (tertiary/aromatic N) is 2. The fourth-order valence-electron chi connectivity index (χ4n) is 4.87. The highest BCUT2D eigenvalue weighted by Gasteiger charge is 2.34. The van der Waals surface area contributed by atoms with Gasteiger partial charge < -0.3 is 18.6 Å². The number of allylic oxidation sites excluding steroid dienone is 1. The van der Waals surface area contributed by atoms with Gasteiger partial charge in [0.05, 0.1) is 5.39 Å². The van der Waals surface area contributed by atoms with Gasteiger partial charge in [-0.15, -0.1) is 0 Å². The average molecular weight is 589 g/mol. The maximum atomic E-state index is 12.9. The molecule has 0 spiro atoms. The Kier molecular flexibility index (Phi) is 8.68. The summed E-state index contributed by atoms with van der Waals surface area (Å²) in [5.41, 5.74) is 3.77. The van der Waals surface area contributed by atoms with Crippen molar-refractivity contribution in [2.24, 2.45) is 0 Å². The third-order valence-electron chi connectivity index (χ3n) is 7.28. The van der Waals surface area contributed by atoms with Crippen molar-refractivity contribution >= 4 is 17.1 Å². The average Bonchev–Trinajstić information content (AvgIpc) is 3.60.